The number of nitriles is 1. The molecule has 31 nitrogen and oxygen atoms in total. The molecule has 0 amide bonds. The second-order valence-electron chi connectivity index (χ2n) is 21.4. The van der Waals surface area contributed by atoms with Crippen LogP contribution in [0.15, 0.2) is 19.4 Å². The average molecular weight is 1930 g/mol. The van der Waals surface area contributed by atoms with Gasteiger partial charge in [0, 0.05) is 131 Å². The first-order chi connectivity index (χ1) is 38.9. The summed E-state index contributed by atoms with van der Waals surface area (Å²) < 4.78 is 133. The molecule has 5 aliphatic rings. The molecule has 7 rings (SSSR count). The number of sulfonamides is 5. The number of carboxylic acids is 1. The van der Waals surface area contributed by atoms with E-state index >= 15 is 0 Å². The number of hydrogen-bond donors (Lipinski definition) is 5. The number of carbonyl (C=O) groups is 1. The molecule has 9 N–H and O–H groups in total. The van der Waals surface area contributed by atoms with Gasteiger partial charge >= 0.3 is 70.8 Å². The molecule has 5 aliphatic heterocycles. The first-order valence-corrected chi connectivity index (χ1v) is 49.4. The quantitative estimate of drug-likeness (QED) is 0.0587. The molecule has 0 aliphatic carbocycles. The molecule has 503 valence electrons. The van der Waals surface area contributed by atoms with Gasteiger partial charge in [0.25, 0.3) is 0 Å². The van der Waals surface area contributed by atoms with Crippen molar-refractivity contribution >= 4 is 128 Å². The minimum atomic E-state index is -3.28. The summed E-state index contributed by atoms with van der Waals surface area (Å²) in [6.45, 7) is 14.4. The van der Waals surface area contributed by atoms with Crippen LogP contribution in [-0.4, -0.2) is 214 Å². The van der Waals surface area contributed by atoms with Gasteiger partial charge in [-0.2, -0.15) is 36.8 Å². The Bertz CT molecular complexity index is 3020. The fourth-order valence-corrected chi connectivity index (χ4v) is 18.4. The number of oxime groups is 2. The molecule has 5 saturated heterocycles. The molecule has 0 aromatic carbocycles. The van der Waals surface area contributed by atoms with Gasteiger partial charge in [0.15, 0.2) is 11.6 Å². The zero-order chi connectivity index (χ0) is 65.7. The third-order valence-electron chi connectivity index (χ3n) is 13.9. The number of aromatic nitrogens is 4. The molecule has 41 heteroatoms. The molecule has 0 spiro atoms. The minimum absolute atomic E-state index is 0. The van der Waals surface area contributed by atoms with E-state index in [9.17, 15) is 46.9 Å². The number of nitrogens with zero attached hydrogens (tertiary/aromatic N) is 12. The van der Waals surface area contributed by atoms with Crippen LogP contribution in [0.1, 0.15) is 148 Å². The van der Waals surface area contributed by atoms with E-state index in [0.29, 0.717) is 49.1 Å². The standard InChI is InChI=1S/2C10H17N3O3S.C8H17N3O3S.C8H14N2O2S.C8H15NO4S.C2H6N2O.Ac.3HI.H2O.V/c1-7-4-5-9(13(7)17(3,14)15)6-10-11-8(2)16-12-10;1-7-4-5-9(13(7)17(3,14)15)6-10-11-8(2)12-16-10;1-6-3-4-7(5-8(9)10-12)11(6)15(2,13)14;1-7-3-4-8(5-6-9)10(7)13(2,11)12;1-6-3-4-7(5-8(10)11)9(6)14(2,12)13;1-2(3)4-5;;;;;;/h2*7,9H,4-6H2,1-3H3;6-7,12H,3-5H2,1-2H3,(H2,9,10);7-8H,3-5H2,1-2H3;6-7H,3-5H2,1-2H3,(H,10,11);5H,1H3,(H2,3,4);;3*1H;1H2;/q;;;;;;;;;;;+3/p-3. The van der Waals surface area contributed by atoms with Crippen LogP contribution in [-0.2, 0) is 72.7 Å². The maximum absolute atomic E-state index is 11.7. The molecule has 1 radical (unpaired) electrons. The van der Waals surface area contributed by atoms with Crippen molar-refractivity contribution in [3.05, 3.63) is 23.4 Å². The molecule has 2 aromatic rings. The van der Waals surface area contributed by atoms with E-state index in [1.807, 2.05) is 40.7 Å². The van der Waals surface area contributed by atoms with E-state index in [0.717, 1.165) is 64.0 Å². The van der Waals surface area contributed by atoms with Gasteiger partial charge in [-0.15, -0.1) is 0 Å². The first kappa shape index (κ1) is 88.6. The predicted octanol–water partition coefficient (Wildman–Crippen LogP) is 3.97. The summed E-state index contributed by atoms with van der Waals surface area (Å²) in [5.41, 5.74) is 10.2. The van der Waals surface area contributed by atoms with Gasteiger partial charge in [-0.05, 0) is 113 Å². The van der Waals surface area contributed by atoms with Crippen molar-refractivity contribution in [2.24, 2.45) is 21.8 Å². The number of rotatable bonds is 14. The predicted molar refractivity (Wildman–Crippen MR) is 347 cm³/mol. The third-order valence-corrected chi connectivity index (χ3v) is 21.0. The van der Waals surface area contributed by atoms with Crippen molar-refractivity contribution in [2.45, 2.75) is 212 Å². The van der Waals surface area contributed by atoms with Crippen molar-refractivity contribution in [3.63, 3.8) is 0 Å². The Morgan fingerprint density at radius 3 is 1.21 bits per heavy atom. The Morgan fingerprint density at radius 1 is 0.598 bits per heavy atom. The fourth-order valence-electron chi connectivity index (χ4n) is 11.0. The van der Waals surface area contributed by atoms with Crippen LogP contribution in [0.4, 0.5) is 0 Å². The molecular formula is C46H88AcI3N14O17S5V. The third kappa shape index (κ3) is 32.5. The van der Waals surface area contributed by atoms with Crippen LogP contribution in [0.5, 0.6) is 0 Å². The maximum atomic E-state index is 11.7. The first-order valence-electron chi connectivity index (χ1n) is 26.7. The molecular weight excluding hydrogens is 1840 g/mol. The number of nitrogens with two attached hydrogens (primary N) is 2. The van der Waals surface area contributed by atoms with Gasteiger partial charge < -0.3 is 41.5 Å². The molecule has 2 aromatic heterocycles. The van der Waals surface area contributed by atoms with Crippen molar-refractivity contribution in [1.82, 2.24) is 41.8 Å². The van der Waals surface area contributed by atoms with Gasteiger partial charge in [0.2, 0.25) is 61.9 Å². The molecule has 7 heterocycles. The molecule has 10 unspecified atom stereocenters. The zero-order valence-electron chi connectivity index (χ0n) is 51.2. The number of carboxylic acid groups (broad SMARTS) is 1. The summed E-state index contributed by atoms with van der Waals surface area (Å²) in [7, 11) is -16.0. The Morgan fingerprint density at radius 2 is 0.920 bits per heavy atom. The van der Waals surface area contributed by atoms with Crippen LogP contribution in [0.3, 0.4) is 0 Å². The van der Waals surface area contributed by atoms with E-state index in [-0.39, 0.29) is 139 Å². The van der Waals surface area contributed by atoms with Crippen molar-refractivity contribution in [2.75, 3.05) is 31.3 Å². The number of aryl methyl sites for hydroxylation is 2. The van der Waals surface area contributed by atoms with Crippen LogP contribution >= 0.6 is 59.9 Å². The monoisotopic (exact) mass is 1930 g/mol. The van der Waals surface area contributed by atoms with Crippen molar-refractivity contribution in [3.8, 4) is 6.07 Å². The topological polar surface area (TPSA) is 475 Å². The number of amidine groups is 2. The Balaban J connectivity index is 0. The molecule has 0 bridgehead atoms. The van der Waals surface area contributed by atoms with Gasteiger partial charge in [0.05, 0.1) is 50.2 Å². The summed E-state index contributed by atoms with van der Waals surface area (Å²) in [5.74, 6) is 1.49. The van der Waals surface area contributed by atoms with E-state index < -0.39 is 56.1 Å². The van der Waals surface area contributed by atoms with E-state index in [1.165, 1.54) is 44.9 Å². The summed E-state index contributed by atoms with van der Waals surface area (Å²) >= 11 is 7.39. The molecule has 5 fully saturated rings. The van der Waals surface area contributed by atoms with Crippen LogP contribution in [0.25, 0.3) is 0 Å². The van der Waals surface area contributed by atoms with Crippen LogP contribution in [0, 0.1) is 69.2 Å². The summed E-state index contributed by atoms with van der Waals surface area (Å²) in [6, 6.07) is 1.37. The zero-order valence-corrected chi connectivity index (χ0v) is 67.9. The van der Waals surface area contributed by atoms with Crippen molar-refractivity contribution in [1.29, 1.82) is 5.26 Å². The van der Waals surface area contributed by atoms with E-state index in [2.05, 4.69) is 90.5 Å². The van der Waals surface area contributed by atoms with E-state index in [4.69, 9.17) is 41.3 Å². The summed E-state index contributed by atoms with van der Waals surface area (Å²) in [6.07, 6.45) is 15.6. The molecule has 0 saturated carbocycles. The van der Waals surface area contributed by atoms with Crippen LogP contribution < -0.4 is 11.5 Å². The Hall–Kier alpha value is -0.494. The Kier molecular flexibility index (Phi) is 41.4. The Labute approximate surface area is 587 Å². The normalized spacial score (nSPS) is 25.8. The van der Waals surface area contributed by atoms with Crippen molar-refractivity contribution < 1.29 is 126 Å². The average Bonchev–Trinajstić information content (AvgIpc) is 2.05. The fraction of sp³-hybridized carbons (Fsp3) is 0.826. The number of halogens is 3. The van der Waals surface area contributed by atoms with Gasteiger partial charge in [-0.25, -0.2) is 42.1 Å². The summed E-state index contributed by atoms with van der Waals surface area (Å²) in [4.78, 5) is 18.5. The molecule has 10 atom stereocenters. The summed E-state index contributed by atoms with van der Waals surface area (Å²) in [5, 5.41) is 46.2. The van der Waals surface area contributed by atoms with Crippen LogP contribution in [0.2, 0.25) is 0 Å². The number of hydrogen-bond acceptors (Lipinski definition) is 22. The number of aliphatic carboxylic acids is 1. The van der Waals surface area contributed by atoms with Gasteiger partial charge in [-0.1, -0.05) is 20.6 Å². The van der Waals surface area contributed by atoms with Gasteiger partial charge in [0.1, 0.15) is 11.7 Å². The second-order valence-corrected chi connectivity index (χ2v) is 66.2. The van der Waals surface area contributed by atoms with E-state index in [1.54, 1.807) is 22.5 Å². The SMILES string of the molecule is C/C(N)=N/O.CC1CCC(C/C(N)=N/O)N1S(C)(=O)=O.CC1CCC(CC#N)N1S(C)(=O)=O.CC1CCC(CC(=O)O)N1S(C)(=O)=O.Cc1nc(CC2CCC(C)N2S(C)(=O)=O)no1.Cc1noc(CC2CCC(C)N2S(C)(=O)=O)n1.O.[Ac].[I][V]([I])[I]. The second kappa shape index (κ2) is 40.7. The molecule has 87 heavy (non-hydrogen) atoms. The van der Waals surface area contributed by atoms with Gasteiger partial charge in [-0.3, -0.25) is 4.79 Å².